The van der Waals surface area contributed by atoms with E-state index in [0.717, 1.165) is 11.3 Å². The number of methoxy groups -OCH3 is 1. The van der Waals surface area contributed by atoms with Crippen molar-refractivity contribution in [1.82, 2.24) is 4.98 Å². The van der Waals surface area contributed by atoms with Gasteiger partial charge in [0.05, 0.1) is 11.8 Å². The first-order chi connectivity index (χ1) is 11.1. The highest BCUT2D eigenvalue weighted by molar-refractivity contribution is 7.22. The molecule has 0 bridgehead atoms. The van der Waals surface area contributed by atoms with Crippen molar-refractivity contribution in [3.05, 3.63) is 53.8 Å². The summed E-state index contributed by atoms with van der Waals surface area (Å²) in [6.45, 7) is 0. The van der Waals surface area contributed by atoms with E-state index in [4.69, 9.17) is 4.74 Å². The summed E-state index contributed by atoms with van der Waals surface area (Å²) >= 11 is 1.11. The second kappa shape index (κ2) is 6.31. The number of aromatic nitrogens is 1. The van der Waals surface area contributed by atoms with E-state index in [1.54, 1.807) is 30.3 Å². The lowest BCUT2D eigenvalue weighted by Gasteiger charge is -2.09. The van der Waals surface area contributed by atoms with Crippen LogP contribution in [0.3, 0.4) is 0 Å². The summed E-state index contributed by atoms with van der Waals surface area (Å²) in [5.74, 6) is -0.754. The molecule has 3 rings (SSSR count). The molecule has 7 heteroatoms. The molecule has 0 radical (unpaired) electrons. The minimum Gasteiger partial charge on any atom is -0.494 e. The average Bonchev–Trinajstić information content (AvgIpc) is 2.96. The number of fused-ring (bicyclic) bond motifs is 1. The fourth-order valence-corrected chi connectivity index (χ4v) is 3.05. The van der Waals surface area contributed by atoms with Gasteiger partial charge in [-0.15, -0.1) is 0 Å². The van der Waals surface area contributed by atoms with Crippen molar-refractivity contribution < 1.29 is 19.0 Å². The maximum absolute atomic E-state index is 13.5. The Hall–Kier alpha value is -2.51. The minimum absolute atomic E-state index is 0.267. The van der Waals surface area contributed by atoms with Crippen molar-refractivity contribution in [3.63, 3.8) is 0 Å². The van der Waals surface area contributed by atoms with Crippen LogP contribution >= 0.6 is 11.3 Å². The first kappa shape index (κ1) is 15.4. The second-order valence-electron chi connectivity index (χ2n) is 4.78. The molecule has 3 aromatic rings. The Morgan fingerprint density at radius 2 is 2.09 bits per heavy atom. The van der Waals surface area contributed by atoms with Crippen LogP contribution < -0.4 is 10.1 Å². The third-order valence-electron chi connectivity index (χ3n) is 3.24. The maximum Gasteiger partial charge on any atom is 0.259 e. The van der Waals surface area contributed by atoms with E-state index in [1.165, 1.54) is 19.2 Å². The number of aliphatic hydroxyl groups excluding tert-OH is 1. The monoisotopic (exact) mass is 332 g/mol. The molecule has 2 N–H and O–H groups in total. The minimum atomic E-state index is -1.30. The van der Waals surface area contributed by atoms with Crippen molar-refractivity contribution in [2.24, 2.45) is 0 Å². The number of aliphatic hydroxyl groups is 1. The van der Waals surface area contributed by atoms with Crippen LogP contribution in [-0.2, 0) is 4.79 Å². The van der Waals surface area contributed by atoms with E-state index >= 15 is 0 Å². The van der Waals surface area contributed by atoms with Crippen molar-refractivity contribution in [2.75, 3.05) is 12.4 Å². The van der Waals surface area contributed by atoms with E-state index in [0.29, 0.717) is 21.5 Å². The van der Waals surface area contributed by atoms with Gasteiger partial charge >= 0.3 is 0 Å². The number of hydrogen-bond acceptors (Lipinski definition) is 5. The van der Waals surface area contributed by atoms with Crippen molar-refractivity contribution >= 4 is 32.6 Å². The molecule has 0 fully saturated rings. The quantitative estimate of drug-likeness (QED) is 0.770. The summed E-state index contributed by atoms with van der Waals surface area (Å²) in [6.07, 6.45) is -1.30. The molecule has 23 heavy (non-hydrogen) atoms. The fourth-order valence-electron chi connectivity index (χ4n) is 2.14. The largest absolute Gasteiger partial charge is 0.494 e. The van der Waals surface area contributed by atoms with Crippen LogP contribution in [0.5, 0.6) is 5.75 Å². The Labute approximate surface area is 135 Å². The van der Waals surface area contributed by atoms with Gasteiger partial charge < -0.3 is 9.84 Å². The number of hydrogen-bond donors (Lipinski definition) is 2. The highest BCUT2D eigenvalue weighted by Crippen LogP contribution is 2.33. The zero-order valence-electron chi connectivity index (χ0n) is 12.1. The van der Waals surface area contributed by atoms with Crippen LogP contribution in [0.25, 0.3) is 10.2 Å². The number of nitrogens with one attached hydrogen (secondary N) is 1. The maximum atomic E-state index is 13.5. The molecule has 1 unspecified atom stereocenters. The molecule has 0 spiro atoms. The predicted molar refractivity (Wildman–Crippen MR) is 86.2 cm³/mol. The molecule has 1 heterocycles. The molecule has 0 saturated heterocycles. The van der Waals surface area contributed by atoms with Gasteiger partial charge in [-0.05, 0) is 11.6 Å². The first-order valence-electron chi connectivity index (χ1n) is 6.76. The zero-order valence-corrected chi connectivity index (χ0v) is 12.9. The third-order valence-corrected chi connectivity index (χ3v) is 4.16. The lowest BCUT2D eigenvalue weighted by Crippen LogP contribution is -2.20. The highest BCUT2D eigenvalue weighted by atomic mass is 32.1. The molecule has 0 aliphatic heterocycles. The van der Waals surface area contributed by atoms with Gasteiger partial charge in [-0.2, -0.15) is 0 Å². The average molecular weight is 332 g/mol. The summed E-state index contributed by atoms with van der Waals surface area (Å²) in [5.41, 5.74) is 0.943. The number of carbonyl (C=O) groups excluding carboxylic acids is 1. The summed E-state index contributed by atoms with van der Waals surface area (Å²) in [7, 11) is 1.42. The zero-order chi connectivity index (χ0) is 16.4. The Bertz CT molecular complexity index is 851. The van der Waals surface area contributed by atoms with Gasteiger partial charge in [0.1, 0.15) is 17.1 Å². The number of rotatable bonds is 4. The van der Waals surface area contributed by atoms with Crippen LogP contribution in [0.2, 0.25) is 0 Å². The molecule has 1 aromatic heterocycles. The van der Waals surface area contributed by atoms with E-state index in [9.17, 15) is 14.3 Å². The topological polar surface area (TPSA) is 71.5 Å². The van der Waals surface area contributed by atoms with Gasteiger partial charge in [0.15, 0.2) is 11.2 Å². The Morgan fingerprint density at radius 1 is 1.35 bits per heavy atom. The van der Waals surface area contributed by atoms with Crippen molar-refractivity contribution in [2.45, 2.75) is 6.10 Å². The molecule has 1 atom stereocenters. The molecule has 0 aliphatic rings. The highest BCUT2D eigenvalue weighted by Gasteiger charge is 2.19. The van der Waals surface area contributed by atoms with E-state index < -0.39 is 17.8 Å². The number of halogens is 1. The van der Waals surface area contributed by atoms with Crippen LogP contribution in [0.4, 0.5) is 9.52 Å². The number of ether oxygens (including phenoxy) is 1. The van der Waals surface area contributed by atoms with Crippen molar-refractivity contribution in [3.8, 4) is 5.75 Å². The van der Waals surface area contributed by atoms with Gasteiger partial charge in [-0.25, -0.2) is 9.37 Å². The van der Waals surface area contributed by atoms with E-state index in [1.807, 2.05) is 0 Å². The van der Waals surface area contributed by atoms with Crippen LogP contribution in [0, 0.1) is 5.82 Å². The molecule has 0 saturated carbocycles. The number of amides is 1. The normalized spacial score (nSPS) is 12.1. The van der Waals surface area contributed by atoms with Crippen molar-refractivity contribution in [1.29, 1.82) is 0 Å². The van der Waals surface area contributed by atoms with E-state index in [-0.39, 0.29) is 5.13 Å². The Balaban J connectivity index is 1.85. The number of benzene rings is 2. The number of thiazole rings is 1. The smallest absolute Gasteiger partial charge is 0.259 e. The number of carbonyl (C=O) groups is 1. The summed E-state index contributed by atoms with van der Waals surface area (Å²) < 4.78 is 19.1. The number of nitrogens with zero attached hydrogens (tertiary/aromatic N) is 1. The Morgan fingerprint density at radius 3 is 2.78 bits per heavy atom. The van der Waals surface area contributed by atoms with Crippen LogP contribution in [-0.4, -0.2) is 23.1 Å². The Kier molecular flexibility index (Phi) is 4.22. The SMILES string of the molecule is COc1cc(F)cc2sc(NC(=O)C(O)c3ccccc3)nc12. The molecular weight excluding hydrogens is 319 g/mol. The summed E-state index contributed by atoms with van der Waals surface area (Å²) in [4.78, 5) is 16.3. The van der Waals surface area contributed by atoms with Crippen LogP contribution in [0.15, 0.2) is 42.5 Å². The van der Waals surface area contributed by atoms with E-state index in [2.05, 4.69) is 10.3 Å². The lowest BCUT2D eigenvalue weighted by atomic mass is 10.1. The predicted octanol–water partition coefficient (Wildman–Crippen LogP) is 3.12. The molecule has 2 aromatic carbocycles. The second-order valence-corrected chi connectivity index (χ2v) is 5.81. The molecule has 118 valence electrons. The fraction of sp³-hybridized carbons (Fsp3) is 0.125. The molecule has 1 amide bonds. The van der Waals surface area contributed by atoms with Gasteiger partial charge in [0, 0.05) is 6.07 Å². The van der Waals surface area contributed by atoms with Gasteiger partial charge in [-0.1, -0.05) is 41.7 Å². The molecule has 0 aliphatic carbocycles. The van der Waals surface area contributed by atoms with Gasteiger partial charge in [0.2, 0.25) is 0 Å². The summed E-state index contributed by atoms with van der Waals surface area (Å²) in [6, 6.07) is 11.1. The third kappa shape index (κ3) is 3.15. The lowest BCUT2D eigenvalue weighted by molar-refractivity contribution is -0.124. The van der Waals surface area contributed by atoms with Gasteiger partial charge in [0.25, 0.3) is 5.91 Å². The van der Waals surface area contributed by atoms with Gasteiger partial charge in [-0.3, -0.25) is 10.1 Å². The van der Waals surface area contributed by atoms with Crippen LogP contribution in [0.1, 0.15) is 11.7 Å². The first-order valence-corrected chi connectivity index (χ1v) is 7.58. The number of anilines is 1. The standard InChI is InChI=1S/C16H13FN2O3S/c1-22-11-7-10(17)8-12-13(11)18-16(23-12)19-15(21)14(20)9-5-3-2-4-6-9/h2-8,14,20H,1H3,(H,18,19,21). The summed E-state index contributed by atoms with van der Waals surface area (Å²) in [5, 5.41) is 12.9. The molecular formula is C16H13FN2O3S. The molecule has 5 nitrogen and oxygen atoms in total.